The van der Waals surface area contributed by atoms with Gasteiger partial charge in [0.05, 0.1) is 11.4 Å². The summed E-state index contributed by atoms with van der Waals surface area (Å²) in [5, 5.41) is 0. The molecule has 1 aliphatic heterocycles. The molecule has 2 nitrogen and oxygen atoms in total. The number of hydrogen-bond donors (Lipinski definition) is 0. The summed E-state index contributed by atoms with van der Waals surface area (Å²) in [6.07, 6.45) is 1.88. The first kappa shape index (κ1) is 13.8. The van der Waals surface area contributed by atoms with Crippen LogP contribution >= 0.6 is 0 Å². The van der Waals surface area contributed by atoms with Crippen molar-refractivity contribution in [3.63, 3.8) is 0 Å². The van der Waals surface area contributed by atoms with Crippen molar-refractivity contribution in [1.82, 2.24) is 4.98 Å². The van der Waals surface area contributed by atoms with Gasteiger partial charge in [0.2, 0.25) is 0 Å². The molecule has 0 fully saturated rings. The SMILES string of the molecule is C=C1c2c(C)ccnc2-c2ccccc2N1c1ccccc1C. The van der Waals surface area contributed by atoms with Gasteiger partial charge in [-0.3, -0.25) is 4.98 Å². The van der Waals surface area contributed by atoms with Gasteiger partial charge < -0.3 is 4.90 Å². The van der Waals surface area contributed by atoms with Crippen molar-refractivity contribution in [3.8, 4) is 11.3 Å². The lowest BCUT2D eigenvalue weighted by Crippen LogP contribution is -2.21. The number of anilines is 2. The molecule has 1 aromatic heterocycles. The molecule has 0 saturated carbocycles. The number of aromatic nitrogens is 1. The number of pyridine rings is 1. The molecular weight excluding hydrogens is 280 g/mol. The summed E-state index contributed by atoms with van der Waals surface area (Å²) in [6, 6.07) is 18.9. The van der Waals surface area contributed by atoms with Crippen LogP contribution in [0.1, 0.15) is 16.7 Å². The van der Waals surface area contributed by atoms with E-state index in [1.54, 1.807) is 0 Å². The Morgan fingerprint density at radius 2 is 1.52 bits per heavy atom. The van der Waals surface area contributed by atoms with E-state index < -0.39 is 0 Å². The lowest BCUT2D eigenvalue weighted by Gasteiger charge is -2.35. The maximum Gasteiger partial charge on any atom is 0.0818 e. The Morgan fingerprint density at radius 1 is 0.826 bits per heavy atom. The smallest absolute Gasteiger partial charge is 0.0818 e. The fourth-order valence-electron chi connectivity index (χ4n) is 3.34. The second kappa shape index (κ2) is 5.10. The molecule has 0 N–H and O–H groups in total. The molecule has 0 bridgehead atoms. The third kappa shape index (κ3) is 1.99. The minimum atomic E-state index is 0.985. The van der Waals surface area contributed by atoms with Crippen LogP contribution < -0.4 is 4.90 Å². The third-order valence-electron chi connectivity index (χ3n) is 4.47. The first-order valence-corrected chi connectivity index (χ1v) is 7.78. The monoisotopic (exact) mass is 298 g/mol. The third-order valence-corrected chi connectivity index (χ3v) is 4.47. The fraction of sp³-hybridized carbons (Fsp3) is 0.0952. The Kier molecular flexibility index (Phi) is 3.05. The van der Waals surface area contributed by atoms with E-state index in [1.165, 1.54) is 16.8 Å². The zero-order valence-electron chi connectivity index (χ0n) is 13.4. The van der Waals surface area contributed by atoms with Crippen LogP contribution in [0.5, 0.6) is 0 Å². The standard InChI is InChI=1S/C21H18N2/c1-14-8-4-6-10-18(14)23-16(3)20-15(2)12-13-22-21(20)17-9-5-7-11-19(17)23/h4-13H,3H2,1-2H3. The molecule has 0 unspecified atom stereocenters. The molecule has 1 aliphatic rings. The number of aryl methyl sites for hydroxylation is 2. The van der Waals surface area contributed by atoms with Gasteiger partial charge in [-0.2, -0.15) is 0 Å². The lowest BCUT2D eigenvalue weighted by atomic mass is 9.92. The van der Waals surface area contributed by atoms with Gasteiger partial charge >= 0.3 is 0 Å². The highest BCUT2D eigenvalue weighted by Crippen LogP contribution is 2.47. The molecule has 0 radical (unpaired) electrons. The fourth-order valence-corrected chi connectivity index (χ4v) is 3.34. The van der Waals surface area contributed by atoms with Gasteiger partial charge in [0, 0.05) is 28.7 Å². The molecule has 2 aromatic carbocycles. The molecule has 0 aliphatic carbocycles. The van der Waals surface area contributed by atoms with Crippen molar-refractivity contribution < 1.29 is 0 Å². The summed E-state index contributed by atoms with van der Waals surface area (Å²) in [4.78, 5) is 6.89. The van der Waals surface area contributed by atoms with E-state index in [0.717, 1.165) is 28.2 Å². The van der Waals surface area contributed by atoms with Crippen LogP contribution in [0.2, 0.25) is 0 Å². The van der Waals surface area contributed by atoms with Crippen LogP contribution in [-0.2, 0) is 0 Å². The molecule has 0 spiro atoms. The first-order valence-electron chi connectivity index (χ1n) is 7.78. The minimum absolute atomic E-state index is 0.985. The molecule has 0 atom stereocenters. The van der Waals surface area contributed by atoms with E-state index in [2.05, 4.69) is 78.8 Å². The molecule has 112 valence electrons. The second-order valence-electron chi connectivity index (χ2n) is 5.94. The van der Waals surface area contributed by atoms with Crippen molar-refractivity contribution in [2.75, 3.05) is 4.90 Å². The molecular formula is C21H18N2. The highest BCUT2D eigenvalue weighted by Gasteiger charge is 2.28. The van der Waals surface area contributed by atoms with Crippen LogP contribution in [0.3, 0.4) is 0 Å². The largest absolute Gasteiger partial charge is 0.309 e. The van der Waals surface area contributed by atoms with Crippen molar-refractivity contribution in [1.29, 1.82) is 0 Å². The molecule has 23 heavy (non-hydrogen) atoms. The summed E-state index contributed by atoms with van der Waals surface area (Å²) in [5.74, 6) is 0. The Hall–Kier alpha value is -2.87. The maximum absolute atomic E-state index is 4.63. The van der Waals surface area contributed by atoms with Gasteiger partial charge in [0.15, 0.2) is 0 Å². The Bertz CT molecular complexity index is 925. The van der Waals surface area contributed by atoms with E-state index in [-0.39, 0.29) is 0 Å². The number of rotatable bonds is 1. The summed E-state index contributed by atoms with van der Waals surface area (Å²) in [7, 11) is 0. The zero-order chi connectivity index (χ0) is 16.0. The summed E-state index contributed by atoms with van der Waals surface area (Å²) in [5.41, 5.74) is 9.03. The van der Waals surface area contributed by atoms with Gasteiger partial charge in [-0.1, -0.05) is 43.0 Å². The lowest BCUT2D eigenvalue weighted by molar-refractivity contribution is 1.18. The van der Waals surface area contributed by atoms with Crippen LogP contribution in [0, 0.1) is 13.8 Å². The highest BCUT2D eigenvalue weighted by atomic mass is 15.2. The van der Waals surface area contributed by atoms with E-state index in [4.69, 9.17) is 0 Å². The molecule has 3 aromatic rings. The van der Waals surface area contributed by atoms with Gasteiger partial charge in [0.1, 0.15) is 0 Å². The van der Waals surface area contributed by atoms with Gasteiger partial charge in [-0.25, -0.2) is 0 Å². The van der Waals surface area contributed by atoms with Crippen molar-refractivity contribution in [3.05, 3.63) is 84.1 Å². The quantitative estimate of drug-likeness (QED) is 0.590. The van der Waals surface area contributed by atoms with Crippen LogP contribution in [0.25, 0.3) is 17.0 Å². The van der Waals surface area contributed by atoms with E-state index >= 15 is 0 Å². The van der Waals surface area contributed by atoms with Gasteiger partial charge in [-0.05, 0) is 43.2 Å². The normalized spacial score (nSPS) is 12.8. The molecule has 4 rings (SSSR count). The van der Waals surface area contributed by atoms with E-state index in [1.807, 2.05) is 12.3 Å². The average molecular weight is 298 g/mol. The van der Waals surface area contributed by atoms with Crippen molar-refractivity contribution in [2.45, 2.75) is 13.8 Å². The van der Waals surface area contributed by atoms with E-state index in [0.29, 0.717) is 0 Å². The van der Waals surface area contributed by atoms with Gasteiger partial charge in [-0.15, -0.1) is 0 Å². The Morgan fingerprint density at radius 3 is 2.30 bits per heavy atom. The number of para-hydroxylation sites is 2. The summed E-state index contributed by atoms with van der Waals surface area (Å²) in [6.45, 7) is 8.66. The van der Waals surface area contributed by atoms with Crippen LogP contribution in [-0.4, -0.2) is 4.98 Å². The predicted octanol–water partition coefficient (Wildman–Crippen LogP) is 5.49. The highest BCUT2D eigenvalue weighted by molar-refractivity contribution is 6.02. The molecule has 2 heterocycles. The minimum Gasteiger partial charge on any atom is -0.309 e. The zero-order valence-corrected chi connectivity index (χ0v) is 13.4. The van der Waals surface area contributed by atoms with Crippen molar-refractivity contribution in [2.24, 2.45) is 0 Å². The average Bonchev–Trinajstić information content (AvgIpc) is 2.56. The molecule has 2 heteroatoms. The summed E-state index contributed by atoms with van der Waals surface area (Å²) >= 11 is 0. The number of fused-ring (bicyclic) bond motifs is 3. The Balaban J connectivity index is 2.05. The number of nitrogens with zero attached hydrogens (tertiary/aromatic N) is 2. The molecule has 0 amide bonds. The first-order chi connectivity index (χ1) is 11.2. The number of benzene rings is 2. The van der Waals surface area contributed by atoms with E-state index in [9.17, 15) is 0 Å². The van der Waals surface area contributed by atoms with Crippen LogP contribution in [0.4, 0.5) is 11.4 Å². The second-order valence-corrected chi connectivity index (χ2v) is 5.94. The molecule has 0 saturated heterocycles. The van der Waals surface area contributed by atoms with Crippen molar-refractivity contribution >= 4 is 17.1 Å². The van der Waals surface area contributed by atoms with Gasteiger partial charge in [0.25, 0.3) is 0 Å². The predicted molar refractivity (Wildman–Crippen MR) is 96.8 cm³/mol. The Labute approximate surface area is 136 Å². The maximum atomic E-state index is 4.63. The van der Waals surface area contributed by atoms with Crippen LogP contribution in [0.15, 0.2) is 67.4 Å². The summed E-state index contributed by atoms with van der Waals surface area (Å²) < 4.78 is 0. The number of hydrogen-bond acceptors (Lipinski definition) is 2. The topological polar surface area (TPSA) is 16.1 Å².